The van der Waals surface area contributed by atoms with Gasteiger partial charge in [-0.15, -0.1) is 0 Å². The Morgan fingerprint density at radius 3 is 1.60 bits per heavy atom. The van der Waals surface area contributed by atoms with Crippen molar-refractivity contribution in [3.8, 4) is 0 Å². The minimum Gasteiger partial charge on any atom is -0.460 e. The third kappa shape index (κ3) is 32.6. The van der Waals surface area contributed by atoms with Crippen LogP contribution in [0.5, 0.6) is 0 Å². The Hall–Kier alpha value is -1.34. The Bertz CT molecular complexity index is 784. The first kappa shape index (κ1) is 46.7. The highest BCUT2D eigenvalue weighted by molar-refractivity contribution is 5.72. The van der Waals surface area contributed by atoms with Gasteiger partial charge in [0, 0.05) is 19.8 Å². The number of hydrogen-bond acceptors (Lipinski definition) is 6. The highest BCUT2D eigenvalue weighted by Crippen LogP contribution is 2.41. The molecule has 0 spiro atoms. The van der Waals surface area contributed by atoms with Crippen molar-refractivity contribution in [1.29, 1.82) is 0 Å². The van der Waals surface area contributed by atoms with Crippen LogP contribution in [-0.2, 0) is 23.7 Å². The molecule has 1 amide bonds. The summed E-state index contributed by atoms with van der Waals surface area (Å²) in [6.45, 7) is 12.2. The number of unbranched alkanes of at least 4 members (excludes halogenated alkanes) is 22. The molecule has 0 aromatic heterocycles. The van der Waals surface area contributed by atoms with E-state index in [-0.39, 0.29) is 31.6 Å². The molecular formula is C43H83NO6. The number of nitrogens with one attached hydrogen (secondary N) is 1. The topological polar surface area (TPSA) is 83.1 Å². The third-order valence-electron chi connectivity index (χ3n) is 9.96. The lowest BCUT2D eigenvalue weighted by molar-refractivity contribution is -0.154. The molecule has 1 rings (SSSR count). The molecule has 50 heavy (non-hydrogen) atoms. The predicted molar refractivity (Wildman–Crippen MR) is 209 cm³/mol. The van der Waals surface area contributed by atoms with Crippen LogP contribution >= 0.6 is 0 Å². The van der Waals surface area contributed by atoms with Crippen molar-refractivity contribution in [2.24, 2.45) is 11.8 Å². The van der Waals surface area contributed by atoms with Gasteiger partial charge in [-0.1, -0.05) is 162 Å². The molecular weight excluding hydrogens is 626 g/mol. The summed E-state index contributed by atoms with van der Waals surface area (Å²) in [5, 5.41) is 2.64. The zero-order valence-electron chi connectivity index (χ0n) is 33.8. The minimum atomic E-state index is -0.550. The van der Waals surface area contributed by atoms with E-state index in [0.717, 1.165) is 31.1 Å². The standard InChI is InChI=1S/C43H83NO6/c1-6-7-8-9-10-11-12-17-20-23-26-29-34-48-40(37-49-42(46)44-32-31-41(45)50-43(3,4)5)36-47-33-28-25-22-19-16-14-13-15-18-21-24-27-30-39-35-38(39)2/h38-40H,6-37H2,1-5H3,(H,44,46)/t38?,39-,40?/m0/s1. The van der Waals surface area contributed by atoms with Crippen molar-refractivity contribution >= 4 is 12.1 Å². The van der Waals surface area contributed by atoms with Crippen LogP contribution in [0, 0.1) is 11.8 Å². The number of carbonyl (C=O) groups excluding carboxylic acids is 2. The van der Waals surface area contributed by atoms with Crippen LogP contribution in [0.2, 0.25) is 0 Å². The molecule has 0 aromatic carbocycles. The monoisotopic (exact) mass is 710 g/mol. The lowest BCUT2D eigenvalue weighted by Gasteiger charge is -2.20. The molecule has 2 unspecified atom stereocenters. The van der Waals surface area contributed by atoms with Crippen LogP contribution in [-0.4, -0.2) is 56.7 Å². The summed E-state index contributed by atoms with van der Waals surface area (Å²) in [6.07, 6.45) is 34.0. The molecule has 0 saturated heterocycles. The fourth-order valence-corrected chi connectivity index (χ4v) is 6.61. The van der Waals surface area contributed by atoms with E-state index in [1.54, 1.807) is 0 Å². The van der Waals surface area contributed by atoms with Crippen molar-refractivity contribution in [2.45, 2.75) is 220 Å². The molecule has 3 atom stereocenters. The first-order valence-electron chi connectivity index (χ1n) is 21.5. The minimum absolute atomic E-state index is 0.105. The van der Waals surface area contributed by atoms with Crippen LogP contribution in [0.25, 0.3) is 0 Å². The van der Waals surface area contributed by atoms with E-state index in [4.69, 9.17) is 18.9 Å². The molecule has 0 aromatic rings. The average molecular weight is 710 g/mol. The summed E-state index contributed by atoms with van der Waals surface area (Å²) in [7, 11) is 0. The Kier molecular flexibility index (Phi) is 30.2. The quantitative estimate of drug-likeness (QED) is 0.0515. The second-order valence-electron chi connectivity index (χ2n) is 16.3. The molecule has 1 N–H and O–H groups in total. The Morgan fingerprint density at radius 1 is 0.660 bits per heavy atom. The smallest absolute Gasteiger partial charge is 0.407 e. The Morgan fingerprint density at radius 2 is 1.12 bits per heavy atom. The van der Waals surface area contributed by atoms with Gasteiger partial charge in [0.2, 0.25) is 0 Å². The van der Waals surface area contributed by atoms with Gasteiger partial charge < -0.3 is 24.3 Å². The fourth-order valence-electron chi connectivity index (χ4n) is 6.61. The second-order valence-corrected chi connectivity index (χ2v) is 16.3. The van der Waals surface area contributed by atoms with Crippen molar-refractivity contribution in [2.75, 3.05) is 33.0 Å². The summed E-state index contributed by atoms with van der Waals surface area (Å²) < 4.78 is 22.8. The van der Waals surface area contributed by atoms with Gasteiger partial charge in [-0.25, -0.2) is 4.79 Å². The number of alkyl carbamates (subject to hydrolysis) is 1. The van der Waals surface area contributed by atoms with E-state index < -0.39 is 11.7 Å². The molecule has 0 aliphatic heterocycles. The lowest BCUT2D eigenvalue weighted by atomic mass is 10.0. The van der Waals surface area contributed by atoms with E-state index in [2.05, 4.69) is 19.2 Å². The SMILES string of the molecule is CCCCCCCCCCCCCCOC(COCCCCCCCCCCCCCC[C@H]1CC1C)COC(=O)NCCC(=O)OC(C)(C)C. The summed E-state index contributed by atoms with van der Waals surface area (Å²) >= 11 is 0. The van der Waals surface area contributed by atoms with Gasteiger partial charge in [0.05, 0.1) is 13.0 Å². The van der Waals surface area contributed by atoms with Gasteiger partial charge in [-0.05, 0) is 51.9 Å². The zero-order chi connectivity index (χ0) is 36.5. The van der Waals surface area contributed by atoms with Gasteiger partial charge >= 0.3 is 12.1 Å². The van der Waals surface area contributed by atoms with Crippen molar-refractivity contribution in [3.05, 3.63) is 0 Å². The molecule has 0 heterocycles. The number of amides is 1. The van der Waals surface area contributed by atoms with Crippen LogP contribution in [0.4, 0.5) is 4.79 Å². The molecule has 7 heteroatoms. The molecule has 0 bridgehead atoms. The molecule has 1 saturated carbocycles. The molecule has 1 aliphatic carbocycles. The Balaban J connectivity index is 2.12. The van der Waals surface area contributed by atoms with E-state index in [9.17, 15) is 9.59 Å². The lowest BCUT2D eigenvalue weighted by Crippen LogP contribution is -2.33. The van der Waals surface area contributed by atoms with Gasteiger partial charge in [0.15, 0.2) is 0 Å². The average Bonchev–Trinajstić information content (AvgIpc) is 3.78. The number of rotatable bonds is 36. The van der Waals surface area contributed by atoms with Crippen LogP contribution in [0.3, 0.4) is 0 Å². The van der Waals surface area contributed by atoms with Crippen molar-refractivity contribution in [3.63, 3.8) is 0 Å². The van der Waals surface area contributed by atoms with Crippen LogP contribution in [0.15, 0.2) is 0 Å². The van der Waals surface area contributed by atoms with Gasteiger partial charge in [-0.3, -0.25) is 4.79 Å². The van der Waals surface area contributed by atoms with Crippen LogP contribution in [0.1, 0.15) is 208 Å². The number of carbonyl (C=O) groups is 2. The highest BCUT2D eigenvalue weighted by Gasteiger charge is 2.31. The van der Waals surface area contributed by atoms with E-state index in [1.165, 1.54) is 148 Å². The first-order chi connectivity index (χ1) is 24.2. The molecule has 0 radical (unpaired) electrons. The maximum absolute atomic E-state index is 12.3. The van der Waals surface area contributed by atoms with Gasteiger partial charge in [0.1, 0.15) is 18.3 Å². The maximum Gasteiger partial charge on any atom is 0.407 e. The summed E-state index contributed by atoms with van der Waals surface area (Å²) in [5.74, 6) is 1.74. The second kappa shape index (κ2) is 32.3. The summed E-state index contributed by atoms with van der Waals surface area (Å²) in [6, 6.07) is 0. The summed E-state index contributed by atoms with van der Waals surface area (Å²) in [4.78, 5) is 24.2. The molecule has 7 nitrogen and oxygen atoms in total. The first-order valence-corrected chi connectivity index (χ1v) is 21.5. The number of ether oxygens (including phenoxy) is 4. The predicted octanol–water partition coefficient (Wildman–Crippen LogP) is 12.3. The van der Waals surface area contributed by atoms with Crippen LogP contribution < -0.4 is 5.32 Å². The van der Waals surface area contributed by atoms with E-state index >= 15 is 0 Å². The van der Waals surface area contributed by atoms with Gasteiger partial charge in [0.25, 0.3) is 0 Å². The Labute approximate surface area is 309 Å². The molecule has 296 valence electrons. The normalized spacial score (nSPS) is 16.3. The van der Waals surface area contributed by atoms with E-state index in [0.29, 0.717) is 19.8 Å². The molecule has 1 aliphatic rings. The third-order valence-corrected chi connectivity index (χ3v) is 9.96. The number of esters is 1. The largest absolute Gasteiger partial charge is 0.460 e. The zero-order valence-corrected chi connectivity index (χ0v) is 33.8. The van der Waals surface area contributed by atoms with Crippen molar-refractivity contribution in [1.82, 2.24) is 5.32 Å². The fraction of sp³-hybridized carbons (Fsp3) is 0.953. The van der Waals surface area contributed by atoms with Gasteiger partial charge in [-0.2, -0.15) is 0 Å². The molecule has 1 fully saturated rings. The highest BCUT2D eigenvalue weighted by atomic mass is 16.6. The van der Waals surface area contributed by atoms with Crippen molar-refractivity contribution < 1.29 is 28.5 Å². The number of hydrogen-bond donors (Lipinski definition) is 1. The maximum atomic E-state index is 12.3. The summed E-state index contributed by atoms with van der Waals surface area (Å²) in [5.41, 5.74) is -0.539. The van der Waals surface area contributed by atoms with E-state index in [1.807, 2.05) is 20.8 Å².